The van der Waals surface area contributed by atoms with Crippen LogP contribution in [0.25, 0.3) is 81.3 Å². The molecule has 4 aromatic heterocycles. The van der Waals surface area contributed by atoms with E-state index in [9.17, 15) is 0 Å². The molecule has 9 aromatic rings. The summed E-state index contributed by atoms with van der Waals surface area (Å²) in [5, 5.41) is 5.91. The van der Waals surface area contributed by atoms with Gasteiger partial charge >= 0.3 is 0 Å². The van der Waals surface area contributed by atoms with Crippen molar-refractivity contribution in [2.24, 2.45) is 0 Å². The lowest BCUT2D eigenvalue weighted by Gasteiger charge is -2.10. The smallest absolute Gasteiger partial charge is 0.197 e. The standard InChI is InChI=1S/C34H19N3OS/c1-2-10-20(11-3-1)33-35-29-25-14-5-8-16-27(25)38-31(29)34(36-33)37-26-15-7-4-12-21(26)23-18-19-24-22-13-6-9-17-28(22)39-32(24)30(23)37/h1-19H. The zero-order valence-corrected chi connectivity index (χ0v) is 21.4. The number of hydrogen-bond donors (Lipinski definition) is 0. The molecule has 39 heavy (non-hydrogen) atoms. The maximum atomic E-state index is 6.52. The SMILES string of the molecule is c1ccc(-c2nc(-n3c4ccccc4c4ccc5c6ccccc6sc5c43)c3oc4ccccc4c3n2)cc1. The number of nitrogens with zero attached hydrogens (tertiary/aromatic N) is 3. The van der Waals surface area contributed by atoms with Crippen LogP contribution >= 0.6 is 11.3 Å². The van der Waals surface area contributed by atoms with Gasteiger partial charge in [-0.1, -0.05) is 91.0 Å². The molecule has 0 N–H and O–H groups in total. The molecule has 0 radical (unpaired) electrons. The molecule has 0 aliphatic heterocycles. The highest BCUT2D eigenvalue weighted by atomic mass is 32.1. The van der Waals surface area contributed by atoms with Crippen molar-refractivity contribution in [1.82, 2.24) is 14.5 Å². The topological polar surface area (TPSA) is 43.9 Å². The van der Waals surface area contributed by atoms with E-state index >= 15 is 0 Å². The Balaban J connectivity index is 1.52. The molecule has 4 nitrogen and oxygen atoms in total. The molecule has 0 atom stereocenters. The van der Waals surface area contributed by atoms with Gasteiger partial charge in [-0.05, 0) is 24.3 Å². The number of rotatable bonds is 2. The molecule has 4 heterocycles. The van der Waals surface area contributed by atoms with Crippen LogP contribution in [0.5, 0.6) is 0 Å². The van der Waals surface area contributed by atoms with Crippen molar-refractivity contribution < 1.29 is 4.42 Å². The number of hydrogen-bond acceptors (Lipinski definition) is 4. The molecule has 0 saturated heterocycles. The first-order chi connectivity index (χ1) is 19.3. The van der Waals surface area contributed by atoms with Crippen LogP contribution in [-0.2, 0) is 0 Å². The van der Waals surface area contributed by atoms with Crippen LogP contribution in [0.1, 0.15) is 0 Å². The Morgan fingerprint density at radius 3 is 2.21 bits per heavy atom. The largest absolute Gasteiger partial charge is 0.450 e. The average molecular weight is 518 g/mol. The summed E-state index contributed by atoms with van der Waals surface area (Å²) in [5.41, 5.74) is 5.53. The number of aromatic nitrogens is 3. The molecule has 0 amide bonds. The van der Waals surface area contributed by atoms with E-state index in [1.165, 1.54) is 30.9 Å². The van der Waals surface area contributed by atoms with Crippen molar-refractivity contribution in [3.8, 4) is 17.2 Å². The van der Waals surface area contributed by atoms with Gasteiger partial charge in [-0.25, -0.2) is 9.97 Å². The first-order valence-corrected chi connectivity index (χ1v) is 13.8. The highest BCUT2D eigenvalue weighted by molar-refractivity contribution is 7.26. The molecular formula is C34H19N3OS. The third kappa shape index (κ3) is 2.88. The summed E-state index contributed by atoms with van der Waals surface area (Å²) in [6, 6.07) is 40.0. The van der Waals surface area contributed by atoms with E-state index < -0.39 is 0 Å². The van der Waals surface area contributed by atoms with E-state index in [1.807, 2.05) is 47.7 Å². The second-order valence-electron chi connectivity index (χ2n) is 9.80. The van der Waals surface area contributed by atoms with Gasteiger partial charge in [0.15, 0.2) is 17.2 Å². The number of thiophene rings is 1. The minimum absolute atomic E-state index is 0.680. The van der Waals surface area contributed by atoms with Crippen LogP contribution in [0.4, 0.5) is 0 Å². The second kappa shape index (κ2) is 7.76. The van der Waals surface area contributed by atoms with Crippen molar-refractivity contribution >= 4 is 75.4 Å². The first-order valence-electron chi connectivity index (χ1n) is 12.9. The fourth-order valence-electron chi connectivity index (χ4n) is 5.90. The molecule has 0 aliphatic carbocycles. The van der Waals surface area contributed by atoms with E-state index in [2.05, 4.69) is 83.4 Å². The van der Waals surface area contributed by atoms with Crippen molar-refractivity contribution in [3.63, 3.8) is 0 Å². The fourth-order valence-corrected chi connectivity index (χ4v) is 7.14. The maximum Gasteiger partial charge on any atom is 0.197 e. The van der Waals surface area contributed by atoms with E-state index in [0.29, 0.717) is 11.4 Å². The van der Waals surface area contributed by atoms with Gasteiger partial charge in [-0.3, -0.25) is 4.57 Å². The van der Waals surface area contributed by atoms with Gasteiger partial charge < -0.3 is 4.42 Å². The van der Waals surface area contributed by atoms with Crippen LogP contribution in [0.2, 0.25) is 0 Å². The highest BCUT2D eigenvalue weighted by Gasteiger charge is 2.23. The van der Waals surface area contributed by atoms with E-state index in [-0.39, 0.29) is 0 Å². The van der Waals surface area contributed by atoms with Gasteiger partial charge in [0, 0.05) is 37.2 Å². The molecule has 0 fully saturated rings. The van der Waals surface area contributed by atoms with Gasteiger partial charge in [0.1, 0.15) is 11.1 Å². The van der Waals surface area contributed by atoms with Crippen LogP contribution in [-0.4, -0.2) is 14.5 Å². The van der Waals surface area contributed by atoms with Gasteiger partial charge in [-0.2, -0.15) is 0 Å². The van der Waals surface area contributed by atoms with Crippen LogP contribution in [0, 0.1) is 0 Å². The summed E-state index contributed by atoms with van der Waals surface area (Å²) in [4.78, 5) is 10.3. The molecule has 0 saturated carbocycles. The Kier molecular flexibility index (Phi) is 4.18. The highest BCUT2D eigenvalue weighted by Crippen LogP contribution is 2.44. The third-order valence-corrected chi connectivity index (χ3v) is 8.82. The minimum atomic E-state index is 0.680. The number of benzene rings is 5. The zero-order valence-electron chi connectivity index (χ0n) is 20.6. The maximum absolute atomic E-state index is 6.52. The van der Waals surface area contributed by atoms with E-state index in [4.69, 9.17) is 14.4 Å². The van der Waals surface area contributed by atoms with E-state index in [1.54, 1.807) is 0 Å². The minimum Gasteiger partial charge on any atom is -0.450 e. The van der Waals surface area contributed by atoms with Crippen LogP contribution < -0.4 is 0 Å². The summed E-state index contributed by atoms with van der Waals surface area (Å²) in [5.74, 6) is 1.44. The number of furan rings is 1. The monoisotopic (exact) mass is 517 g/mol. The Morgan fingerprint density at radius 2 is 1.31 bits per heavy atom. The average Bonchev–Trinajstić information content (AvgIpc) is 3.67. The molecule has 0 bridgehead atoms. The lowest BCUT2D eigenvalue weighted by atomic mass is 10.1. The van der Waals surface area contributed by atoms with Crippen molar-refractivity contribution in [2.45, 2.75) is 0 Å². The van der Waals surface area contributed by atoms with Crippen molar-refractivity contribution in [1.29, 1.82) is 0 Å². The Bertz CT molecular complexity index is 2400. The summed E-state index contributed by atoms with van der Waals surface area (Å²) in [6.45, 7) is 0. The zero-order chi connectivity index (χ0) is 25.5. The Morgan fingerprint density at radius 1 is 0.590 bits per heavy atom. The number of fused-ring (bicyclic) bond motifs is 10. The molecule has 5 aromatic carbocycles. The molecule has 182 valence electrons. The summed E-state index contributed by atoms with van der Waals surface area (Å²) in [6.07, 6.45) is 0. The van der Waals surface area contributed by atoms with Gasteiger partial charge in [-0.15, -0.1) is 11.3 Å². The Hall–Kier alpha value is -5.00. The molecule has 0 aliphatic rings. The summed E-state index contributed by atoms with van der Waals surface area (Å²) >= 11 is 1.83. The van der Waals surface area contributed by atoms with E-state index in [0.717, 1.165) is 38.9 Å². The molecule has 5 heteroatoms. The molecular weight excluding hydrogens is 498 g/mol. The first kappa shape index (κ1) is 21.0. The predicted octanol–water partition coefficient (Wildman–Crippen LogP) is 9.51. The quantitative estimate of drug-likeness (QED) is 0.229. The van der Waals surface area contributed by atoms with Crippen molar-refractivity contribution in [3.05, 3.63) is 115 Å². The van der Waals surface area contributed by atoms with Crippen LogP contribution in [0.3, 0.4) is 0 Å². The van der Waals surface area contributed by atoms with Crippen LogP contribution in [0.15, 0.2) is 120 Å². The van der Waals surface area contributed by atoms with Gasteiger partial charge in [0.25, 0.3) is 0 Å². The third-order valence-electron chi connectivity index (χ3n) is 7.63. The summed E-state index contributed by atoms with van der Waals surface area (Å²) < 4.78 is 11.3. The molecule has 9 rings (SSSR count). The Labute approximate surface area is 226 Å². The second-order valence-corrected chi connectivity index (χ2v) is 10.9. The number of para-hydroxylation sites is 2. The van der Waals surface area contributed by atoms with Gasteiger partial charge in [0.05, 0.1) is 15.7 Å². The lowest BCUT2D eigenvalue weighted by molar-refractivity contribution is 0.662. The van der Waals surface area contributed by atoms with Gasteiger partial charge in [0.2, 0.25) is 0 Å². The molecule has 0 spiro atoms. The fraction of sp³-hybridized carbons (Fsp3) is 0. The molecule has 0 unspecified atom stereocenters. The van der Waals surface area contributed by atoms with Crippen molar-refractivity contribution in [2.75, 3.05) is 0 Å². The lowest BCUT2D eigenvalue weighted by Crippen LogP contribution is -2.01. The predicted molar refractivity (Wildman–Crippen MR) is 162 cm³/mol. The summed E-state index contributed by atoms with van der Waals surface area (Å²) in [7, 11) is 0. The normalized spacial score (nSPS) is 12.1.